The molecule has 4 heteroatoms. The van der Waals surface area contributed by atoms with Crippen LogP contribution in [-0.2, 0) is 4.74 Å². The largest absolute Gasteiger partial charge is 0.467 e. The first kappa shape index (κ1) is 19.6. The molecule has 0 saturated heterocycles. The number of ether oxygens (including phenoxy) is 2. The zero-order chi connectivity index (χ0) is 18.4. The zero-order valence-electron chi connectivity index (χ0n) is 15.7. The topological polar surface area (TPSA) is 35.5 Å². The van der Waals surface area contributed by atoms with Gasteiger partial charge in [-0.1, -0.05) is 50.9 Å². The average molecular weight is 358 g/mol. The maximum Gasteiger partial charge on any atom is 0.188 e. The van der Waals surface area contributed by atoms with Crippen LogP contribution in [0.1, 0.15) is 51.6 Å². The van der Waals surface area contributed by atoms with Crippen LogP contribution in [0.5, 0.6) is 5.75 Å². The first-order chi connectivity index (χ1) is 12.0. The van der Waals surface area contributed by atoms with Gasteiger partial charge in [0.05, 0.1) is 0 Å². The number of hydrogen-bond donors (Lipinski definition) is 0. The van der Waals surface area contributed by atoms with Crippen molar-refractivity contribution in [2.75, 3.05) is 13.9 Å². The third-order valence-corrected chi connectivity index (χ3v) is 6.05. The number of benzene rings is 2. The van der Waals surface area contributed by atoms with E-state index in [4.69, 9.17) is 9.47 Å². The molecule has 0 heterocycles. The third-order valence-electron chi connectivity index (χ3n) is 4.22. The molecule has 134 valence electrons. The Balaban J connectivity index is 2.42. The summed E-state index contributed by atoms with van der Waals surface area (Å²) in [4.78, 5) is 11.5. The van der Waals surface area contributed by atoms with Gasteiger partial charge in [-0.3, -0.25) is 4.79 Å². The van der Waals surface area contributed by atoms with Crippen LogP contribution in [-0.4, -0.2) is 20.2 Å². The lowest BCUT2D eigenvalue weighted by atomic mass is 10.0. The molecule has 2 aromatic carbocycles. The predicted octanol–water partition coefficient (Wildman–Crippen LogP) is 4.86. The number of carbonyl (C=O) groups is 1. The van der Waals surface area contributed by atoms with Crippen LogP contribution in [0.15, 0.2) is 30.3 Å². The highest BCUT2D eigenvalue weighted by atomic mass is 31.1. The molecule has 0 aromatic heterocycles. The van der Waals surface area contributed by atoms with Crippen molar-refractivity contribution < 1.29 is 14.3 Å². The summed E-state index contributed by atoms with van der Waals surface area (Å²) in [5.41, 5.74) is 5.76. The van der Waals surface area contributed by atoms with Gasteiger partial charge in [0.1, 0.15) is 5.75 Å². The molecular formula is C21H27O3P. The molecule has 0 amide bonds. The number of hydrogen-bond acceptors (Lipinski definition) is 3. The quantitative estimate of drug-likeness (QED) is 0.384. The summed E-state index contributed by atoms with van der Waals surface area (Å²) < 4.78 is 11.0. The van der Waals surface area contributed by atoms with Crippen molar-refractivity contribution in [1.82, 2.24) is 0 Å². The Bertz CT molecular complexity index is 740. The monoisotopic (exact) mass is 358 g/mol. The maximum absolute atomic E-state index is 11.5. The van der Waals surface area contributed by atoms with Gasteiger partial charge in [0.15, 0.2) is 13.1 Å². The van der Waals surface area contributed by atoms with Gasteiger partial charge < -0.3 is 9.47 Å². The molecule has 0 bridgehead atoms. The van der Waals surface area contributed by atoms with Crippen LogP contribution in [0, 0.1) is 20.8 Å². The summed E-state index contributed by atoms with van der Waals surface area (Å²) in [5, 5.41) is 1.12. The Morgan fingerprint density at radius 1 is 1.12 bits per heavy atom. The highest BCUT2D eigenvalue weighted by Gasteiger charge is 2.19. The Morgan fingerprint density at radius 3 is 2.52 bits per heavy atom. The number of aldehydes is 1. The van der Waals surface area contributed by atoms with Gasteiger partial charge in [-0.15, -0.1) is 0 Å². The van der Waals surface area contributed by atoms with E-state index in [9.17, 15) is 4.79 Å². The summed E-state index contributed by atoms with van der Waals surface area (Å²) in [6.07, 6.45) is 1.95. The highest BCUT2D eigenvalue weighted by Crippen LogP contribution is 2.43. The van der Waals surface area contributed by atoms with E-state index in [2.05, 4.69) is 45.0 Å². The molecule has 3 nitrogen and oxygen atoms in total. The molecule has 0 fully saturated rings. The molecule has 0 aliphatic rings. The van der Waals surface area contributed by atoms with Crippen molar-refractivity contribution in [3.8, 4) is 5.75 Å². The number of methoxy groups -OCH3 is 1. The molecule has 2 rings (SSSR count). The Kier molecular flexibility index (Phi) is 7.16. The molecule has 0 spiro atoms. The third kappa shape index (κ3) is 4.90. The first-order valence-corrected chi connectivity index (χ1v) is 9.63. The number of aryl methyl sites for hydroxylation is 3. The van der Waals surface area contributed by atoms with Crippen LogP contribution in [0.4, 0.5) is 0 Å². The van der Waals surface area contributed by atoms with E-state index in [1.165, 1.54) is 11.1 Å². The van der Waals surface area contributed by atoms with Crippen LogP contribution < -0.4 is 10.0 Å². The van der Waals surface area contributed by atoms with Crippen molar-refractivity contribution in [3.05, 3.63) is 58.1 Å². The normalized spacial score (nSPS) is 12.5. The van der Waals surface area contributed by atoms with Crippen LogP contribution >= 0.6 is 8.58 Å². The van der Waals surface area contributed by atoms with E-state index >= 15 is 0 Å². The first-order valence-electron chi connectivity index (χ1n) is 8.55. The van der Waals surface area contributed by atoms with Gasteiger partial charge in [-0.25, -0.2) is 0 Å². The molecule has 25 heavy (non-hydrogen) atoms. The molecule has 2 unspecified atom stereocenters. The maximum atomic E-state index is 11.5. The van der Waals surface area contributed by atoms with Gasteiger partial charge in [0.25, 0.3) is 0 Å². The Labute approximate surface area is 152 Å². The second-order valence-electron chi connectivity index (χ2n) is 6.36. The summed E-state index contributed by atoms with van der Waals surface area (Å²) >= 11 is 0. The van der Waals surface area contributed by atoms with Gasteiger partial charge in [-0.05, 0) is 44.1 Å². The fourth-order valence-corrected chi connectivity index (χ4v) is 4.49. The summed E-state index contributed by atoms with van der Waals surface area (Å²) in [6.45, 7) is 8.61. The molecule has 0 radical (unpaired) electrons. The van der Waals surface area contributed by atoms with Crippen molar-refractivity contribution in [2.24, 2.45) is 0 Å². The second kappa shape index (κ2) is 9.12. The SMILES string of the molecule is CCC(Pc1ccc(C)cc1C=O)c1cc(C)cc(C)c1OCOC. The van der Waals surface area contributed by atoms with Gasteiger partial charge >= 0.3 is 0 Å². The van der Waals surface area contributed by atoms with E-state index in [0.29, 0.717) is 14.2 Å². The minimum absolute atomic E-state index is 0.237. The summed E-state index contributed by atoms with van der Waals surface area (Å²) in [7, 11) is 2.15. The summed E-state index contributed by atoms with van der Waals surface area (Å²) in [6, 6.07) is 10.5. The van der Waals surface area contributed by atoms with Crippen molar-refractivity contribution >= 4 is 20.2 Å². The van der Waals surface area contributed by atoms with E-state index in [0.717, 1.165) is 40.5 Å². The molecule has 2 atom stereocenters. The van der Waals surface area contributed by atoms with Crippen LogP contribution in [0.2, 0.25) is 0 Å². The van der Waals surface area contributed by atoms with Gasteiger partial charge in [0, 0.05) is 23.9 Å². The lowest BCUT2D eigenvalue weighted by molar-refractivity contribution is 0.0499. The van der Waals surface area contributed by atoms with E-state index < -0.39 is 0 Å². The smallest absolute Gasteiger partial charge is 0.188 e. The lowest BCUT2D eigenvalue weighted by Gasteiger charge is -2.22. The van der Waals surface area contributed by atoms with E-state index in [1.54, 1.807) is 7.11 Å². The fraction of sp³-hybridized carbons (Fsp3) is 0.381. The van der Waals surface area contributed by atoms with E-state index in [1.807, 2.05) is 13.0 Å². The van der Waals surface area contributed by atoms with Crippen molar-refractivity contribution in [1.29, 1.82) is 0 Å². The number of rotatable bonds is 8. The number of carbonyl (C=O) groups excluding carboxylic acids is 1. The van der Waals surface area contributed by atoms with E-state index in [-0.39, 0.29) is 6.79 Å². The van der Waals surface area contributed by atoms with Crippen molar-refractivity contribution in [3.63, 3.8) is 0 Å². The molecule has 0 saturated carbocycles. The summed E-state index contributed by atoms with van der Waals surface area (Å²) in [5.74, 6) is 0.909. The minimum atomic E-state index is 0.237. The minimum Gasteiger partial charge on any atom is -0.467 e. The standard InChI is InChI=1S/C21H27O3P/c1-6-19(25-20-8-7-14(2)10-17(20)12-22)18-11-15(3)9-16(4)21(18)24-13-23-5/h7-12,19,25H,6,13H2,1-5H3. The van der Waals surface area contributed by atoms with Crippen LogP contribution in [0.25, 0.3) is 0 Å². The zero-order valence-corrected chi connectivity index (χ0v) is 16.7. The highest BCUT2D eigenvalue weighted by molar-refractivity contribution is 7.47. The molecule has 0 N–H and O–H groups in total. The van der Waals surface area contributed by atoms with Gasteiger partial charge in [-0.2, -0.15) is 0 Å². The molecular weight excluding hydrogens is 331 g/mol. The molecule has 2 aromatic rings. The van der Waals surface area contributed by atoms with Crippen molar-refractivity contribution in [2.45, 2.75) is 39.8 Å². The lowest BCUT2D eigenvalue weighted by Crippen LogP contribution is -2.09. The molecule has 0 aliphatic carbocycles. The Hall–Kier alpha value is -1.70. The Morgan fingerprint density at radius 2 is 1.88 bits per heavy atom. The second-order valence-corrected chi connectivity index (χ2v) is 7.89. The predicted molar refractivity (Wildman–Crippen MR) is 106 cm³/mol. The molecule has 0 aliphatic heterocycles. The average Bonchev–Trinajstić information content (AvgIpc) is 2.59. The van der Waals surface area contributed by atoms with Crippen LogP contribution in [0.3, 0.4) is 0 Å². The van der Waals surface area contributed by atoms with Gasteiger partial charge in [0.2, 0.25) is 0 Å². The fourth-order valence-electron chi connectivity index (χ4n) is 3.06.